The van der Waals surface area contributed by atoms with Crippen LogP contribution in [0.25, 0.3) is 17.0 Å². The molecule has 0 saturated carbocycles. The summed E-state index contributed by atoms with van der Waals surface area (Å²) in [6.07, 6.45) is 0. The first-order chi connectivity index (χ1) is 12.2. The smallest absolute Gasteiger partial charge is 0.237 e. The molecule has 0 amide bonds. The quantitative estimate of drug-likeness (QED) is 0.573. The predicted octanol–water partition coefficient (Wildman–Crippen LogP) is 3.59. The minimum Gasteiger partial charge on any atom is -0.434 e. The summed E-state index contributed by atoms with van der Waals surface area (Å²) in [4.78, 5) is 0. The lowest BCUT2D eigenvalue weighted by atomic mass is 10.2. The Hall–Kier alpha value is -3.79. The molecular weight excluding hydrogens is 321 g/mol. The lowest BCUT2D eigenvalue weighted by Crippen LogP contribution is -1.98. The molecule has 4 rings (SSSR count). The van der Waals surface area contributed by atoms with Crippen molar-refractivity contribution in [1.82, 2.24) is 19.8 Å². The van der Waals surface area contributed by atoms with Crippen molar-refractivity contribution in [2.45, 2.75) is 0 Å². The Morgan fingerprint density at radius 1 is 1.00 bits per heavy atom. The van der Waals surface area contributed by atoms with Crippen LogP contribution in [0.3, 0.4) is 0 Å². The van der Waals surface area contributed by atoms with Gasteiger partial charge in [0.2, 0.25) is 5.88 Å². The van der Waals surface area contributed by atoms with Crippen molar-refractivity contribution in [2.75, 3.05) is 0 Å². The van der Waals surface area contributed by atoms with Gasteiger partial charge < -0.3 is 4.74 Å². The first-order valence-electron chi connectivity index (χ1n) is 7.40. The van der Waals surface area contributed by atoms with E-state index < -0.39 is 5.82 Å². The maximum Gasteiger partial charge on any atom is 0.237 e. The van der Waals surface area contributed by atoms with Crippen LogP contribution in [0.1, 0.15) is 5.56 Å². The number of hydrogen-bond acceptors (Lipinski definition) is 5. The Labute approximate surface area is 141 Å². The van der Waals surface area contributed by atoms with Crippen molar-refractivity contribution in [3.63, 3.8) is 0 Å². The van der Waals surface area contributed by atoms with E-state index in [1.807, 2.05) is 36.4 Å². The third-order valence-corrected chi connectivity index (χ3v) is 3.55. The average Bonchev–Trinajstić information content (AvgIpc) is 3.07. The van der Waals surface area contributed by atoms with Crippen LogP contribution in [-0.4, -0.2) is 19.8 Å². The highest BCUT2D eigenvalue weighted by atomic mass is 19.1. The predicted molar refractivity (Wildman–Crippen MR) is 87.4 cm³/mol. The molecule has 0 spiro atoms. The highest BCUT2D eigenvalue weighted by Gasteiger charge is 2.12. The molecule has 2 heterocycles. The largest absolute Gasteiger partial charge is 0.434 e. The Balaban J connectivity index is 1.73. The molecule has 0 aliphatic rings. The molecule has 0 unspecified atom stereocenters. The van der Waals surface area contributed by atoms with E-state index in [1.54, 1.807) is 12.1 Å². The summed E-state index contributed by atoms with van der Waals surface area (Å²) < 4.78 is 21.0. The molecule has 0 aliphatic heterocycles. The molecule has 0 N–H and O–H groups in total. The zero-order valence-electron chi connectivity index (χ0n) is 12.8. The van der Waals surface area contributed by atoms with Gasteiger partial charge in [0.15, 0.2) is 23.0 Å². The molecular formula is C18H10FN5O. The molecule has 0 bridgehead atoms. The van der Waals surface area contributed by atoms with Crippen LogP contribution >= 0.6 is 0 Å². The fourth-order valence-corrected chi connectivity index (χ4v) is 2.36. The Kier molecular flexibility index (Phi) is 3.56. The normalized spacial score (nSPS) is 10.6. The zero-order chi connectivity index (χ0) is 17.2. The Morgan fingerprint density at radius 3 is 2.60 bits per heavy atom. The average molecular weight is 331 g/mol. The van der Waals surface area contributed by atoms with Gasteiger partial charge in [0, 0.05) is 11.6 Å². The highest BCUT2D eigenvalue weighted by molar-refractivity contribution is 5.58. The number of rotatable bonds is 3. The topological polar surface area (TPSA) is 76.1 Å². The number of aromatic nitrogens is 4. The van der Waals surface area contributed by atoms with Crippen LogP contribution in [0.15, 0.2) is 60.7 Å². The summed E-state index contributed by atoms with van der Waals surface area (Å²) >= 11 is 0. The van der Waals surface area contributed by atoms with Crippen molar-refractivity contribution in [2.24, 2.45) is 0 Å². The van der Waals surface area contributed by atoms with Crippen LogP contribution in [0.2, 0.25) is 0 Å². The van der Waals surface area contributed by atoms with Crippen molar-refractivity contribution >= 4 is 5.65 Å². The first kappa shape index (κ1) is 14.8. The minimum atomic E-state index is -0.631. The molecule has 7 heteroatoms. The van der Waals surface area contributed by atoms with Crippen LogP contribution in [0.5, 0.6) is 11.6 Å². The molecule has 2 aromatic carbocycles. The fraction of sp³-hybridized carbons (Fsp3) is 0. The summed E-state index contributed by atoms with van der Waals surface area (Å²) in [7, 11) is 0. The molecule has 4 aromatic rings. The van der Waals surface area contributed by atoms with Gasteiger partial charge in [-0.05, 0) is 24.3 Å². The van der Waals surface area contributed by atoms with Gasteiger partial charge in [0.1, 0.15) is 0 Å². The van der Waals surface area contributed by atoms with Gasteiger partial charge in [-0.2, -0.15) is 9.78 Å². The van der Waals surface area contributed by atoms with E-state index in [-0.39, 0.29) is 17.2 Å². The van der Waals surface area contributed by atoms with Gasteiger partial charge in [0.25, 0.3) is 0 Å². The van der Waals surface area contributed by atoms with Gasteiger partial charge in [-0.15, -0.1) is 15.3 Å². The minimum absolute atomic E-state index is 0.0137. The van der Waals surface area contributed by atoms with Crippen molar-refractivity contribution in [3.8, 4) is 29.1 Å². The summed E-state index contributed by atoms with van der Waals surface area (Å²) in [5.41, 5.74) is 1.62. The van der Waals surface area contributed by atoms with Gasteiger partial charge >= 0.3 is 0 Å². The second-order valence-corrected chi connectivity index (χ2v) is 5.19. The van der Waals surface area contributed by atoms with Crippen LogP contribution in [0, 0.1) is 17.1 Å². The molecule has 2 aromatic heterocycles. The lowest BCUT2D eigenvalue weighted by Gasteiger charge is -2.06. The monoisotopic (exact) mass is 331 g/mol. The summed E-state index contributed by atoms with van der Waals surface area (Å²) in [5.74, 6) is 0.0996. The van der Waals surface area contributed by atoms with Gasteiger partial charge in [-0.1, -0.05) is 30.3 Å². The van der Waals surface area contributed by atoms with Crippen LogP contribution in [-0.2, 0) is 0 Å². The Morgan fingerprint density at radius 2 is 1.84 bits per heavy atom. The Bertz CT molecular complexity index is 1100. The van der Waals surface area contributed by atoms with Crippen LogP contribution in [0.4, 0.5) is 4.39 Å². The third kappa shape index (κ3) is 2.77. The number of nitrogens with zero attached hydrogens (tertiary/aromatic N) is 5. The number of halogens is 1. The maximum absolute atomic E-state index is 14.0. The molecule has 0 fully saturated rings. The maximum atomic E-state index is 14.0. The van der Waals surface area contributed by atoms with E-state index >= 15 is 0 Å². The molecule has 0 atom stereocenters. The van der Waals surface area contributed by atoms with E-state index in [1.165, 1.54) is 16.6 Å². The second-order valence-electron chi connectivity index (χ2n) is 5.19. The third-order valence-electron chi connectivity index (χ3n) is 3.55. The second kappa shape index (κ2) is 6.02. The van der Waals surface area contributed by atoms with E-state index in [2.05, 4.69) is 15.3 Å². The number of benzene rings is 2. The lowest BCUT2D eigenvalue weighted by molar-refractivity contribution is 0.420. The van der Waals surface area contributed by atoms with E-state index in [4.69, 9.17) is 10.00 Å². The summed E-state index contributed by atoms with van der Waals surface area (Å²) in [6, 6.07) is 18.6. The first-order valence-corrected chi connectivity index (χ1v) is 7.40. The molecule has 0 saturated heterocycles. The van der Waals surface area contributed by atoms with Crippen LogP contribution < -0.4 is 4.74 Å². The van der Waals surface area contributed by atoms with E-state index in [0.717, 1.165) is 11.6 Å². The molecule has 120 valence electrons. The van der Waals surface area contributed by atoms with Gasteiger partial charge in [-0.3, -0.25) is 0 Å². The van der Waals surface area contributed by atoms with Crippen molar-refractivity contribution in [3.05, 3.63) is 72.0 Å². The van der Waals surface area contributed by atoms with Crippen molar-refractivity contribution in [1.29, 1.82) is 5.26 Å². The molecule has 0 aliphatic carbocycles. The number of hydrogen-bond donors (Lipinski definition) is 0. The molecule has 6 nitrogen and oxygen atoms in total. The number of nitriles is 1. The highest BCUT2D eigenvalue weighted by Crippen LogP contribution is 2.25. The number of ether oxygens (including phenoxy) is 1. The van der Waals surface area contributed by atoms with E-state index in [9.17, 15) is 4.39 Å². The SMILES string of the molecule is N#Cc1ccc(Oc2ccc3nnc(-c4ccccc4)n3n2)c(F)c1. The summed E-state index contributed by atoms with van der Waals surface area (Å²) in [6.45, 7) is 0. The standard InChI is InChI=1S/C18H10FN5O/c19-14-10-12(11-20)6-7-15(14)25-17-9-8-16-21-22-18(24(16)23-17)13-4-2-1-3-5-13/h1-10H. The van der Waals surface area contributed by atoms with Gasteiger partial charge in [-0.25, -0.2) is 4.39 Å². The fourth-order valence-electron chi connectivity index (χ4n) is 2.36. The summed E-state index contributed by atoms with van der Waals surface area (Å²) in [5, 5.41) is 21.3. The zero-order valence-corrected chi connectivity index (χ0v) is 12.8. The molecule has 25 heavy (non-hydrogen) atoms. The van der Waals surface area contributed by atoms with E-state index in [0.29, 0.717) is 11.5 Å². The van der Waals surface area contributed by atoms with Gasteiger partial charge in [0.05, 0.1) is 11.6 Å². The number of fused-ring (bicyclic) bond motifs is 1. The van der Waals surface area contributed by atoms with Crippen molar-refractivity contribution < 1.29 is 9.13 Å². The molecule has 0 radical (unpaired) electrons.